The monoisotopic (exact) mass is 316 g/mol. The third-order valence-corrected chi connectivity index (χ3v) is 2.76. The molecule has 23 heavy (non-hydrogen) atoms. The maximum atomic E-state index is 11.7. The lowest BCUT2D eigenvalue weighted by molar-refractivity contribution is -0.137. The zero-order chi connectivity index (χ0) is 17.1. The van der Waals surface area contributed by atoms with Gasteiger partial charge in [-0.15, -0.1) is 0 Å². The molecule has 0 bridgehead atoms. The van der Waals surface area contributed by atoms with Gasteiger partial charge >= 0.3 is 11.9 Å². The summed E-state index contributed by atoms with van der Waals surface area (Å²) >= 11 is 0. The molecule has 1 aromatic rings. The average Bonchev–Trinajstić information content (AvgIpc) is 2.57. The predicted octanol–water partition coefficient (Wildman–Crippen LogP) is 3.43. The smallest absolute Gasteiger partial charge is 0.343 e. The number of carbonyl (C=O) groups is 2. The summed E-state index contributed by atoms with van der Waals surface area (Å²) in [6, 6.07) is 6.59. The molecule has 0 fully saturated rings. The van der Waals surface area contributed by atoms with Crippen LogP contribution < -0.4 is 4.74 Å². The quantitative estimate of drug-likeness (QED) is 0.217. The van der Waals surface area contributed by atoms with Crippen molar-refractivity contribution >= 4 is 11.9 Å². The maximum Gasteiger partial charge on any atom is 0.343 e. The third-order valence-electron chi connectivity index (χ3n) is 2.76. The zero-order valence-electron chi connectivity index (χ0n) is 13.0. The van der Waals surface area contributed by atoms with Gasteiger partial charge in [-0.1, -0.05) is 19.7 Å². The van der Waals surface area contributed by atoms with E-state index >= 15 is 0 Å². The Morgan fingerprint density at radius 2 is 1.65 bits per heavy atom. The number of unbranched alkanes of at least 4 members (excludes halogenated alkanes) is 1. The summed E-state index contributed by atoms with van der Waals surface area (Å²) < 4.78 is 15.3. The molecular weight excluding hydrogens is 296 g/mol. The molecule has 0 aliphatic heterocycles. The van der Waals surface area contributed by atoms with E-state index in [1.54, 1.807) is 24.3 Å². The highest BCUT2D eigenvalue weighted by Crippen LogP contribution is 2.14. The van der Waals surface area contributed by atoms with Crippen molar-refractivity contribution in [2.45, 2.75) is 12.8 Å². The fourth-order valence-electron chi connectivity index (χ4n) is 1.53. The molecule has 5 nitrogen and oxygen atoms in total. The lowest BCUT2D eigenvalue weighted by atomic mass is 10.2. The molecule has 0 aromatic heterocycles. The molecule has 0 aliphatic carbocycles. The molecule has 0 spiro atoms. The fraction of sp³-hybridized carbons (Fsp3) is 0.222. The van der Waals surface area contributed by atoms with E-state index in [-0.39, 0.29) is 5.76 Å². The van der Waals surface area contributed by atoms with Crippen LogP contribution in [-0.4, -0.2) is 25.2 Å². The zero-order valence-corrected chi connectivity index (χ0v) is 13.0. The molecule has 1 rings (SSSR count). The van der Waals surface area contributed by atoms with Crippen LogP contribution in [0.25, 0.3) is 0 Å². The predicted molar refractivity (Wildman–Crippen MR) is 87.1 cm³/mol. The molecule has 0 N–H and O–H groups in total. The van der Waals surface area contributed by atoms with E-state index in [0.29, 0.717) is 30.9 Å². The largest absolute Gasteiger partial charge is 0.494 e. The van der Waals surface area contributed by atoms with Crippen LogP contribution in [0.3, 0.4) is 0 Å². The van der Waals surface area contributed by atoms with Gasteiger partial charge in [-0.3, -0.25) is 0 Å². The molecule has 5 heteroatoms. The minimum Gasteiger partial charge on any atom is -0.494 e. The molecule has 0 aliphatic rings. The van der Waals surface area contributed by atoms with Crippen LogP contribution in [0, 0.1) is 0 Å². The molecule has 0 saturated carbocycles. The van der Waals surface area contributed by atoms with Crippen molar-refractivity contribution in [2.75, 3.05) is 13.2 Å². The highest BCUT2D eigenvalue weighted by Gasteiger charge is 2.08. The Morgan fingerprint density at radius 3 is 2.26 bits per heavy atom. The van der Waals surface area contributed by atoms with E-state index < -0.39 is 11.9 Å². The normalized spacial score (nSPS) is 9.57. The Labute approximate surface area is 135 Å². The highest BCUT2D eigenvalue weighted by molar-refractivity contribution is 5.90. The number of carbonyl (C=O) groups excluding carboxylic acids is 2. The number of hydrogen-bond donors (Lipinski definition) is 0. The van der Waals surface area contributed by atoms with Crippen LogP contribution >= 0.6 is 0 Å². The number of ether oxygens (including phenoxy) is 3. The maximum absolute atomic E-state index is 11.7. The number of esters is 2. The second kappa shape index (κ2) is 10.00. The van der Waals surface area contributed by atoms with Crippen molar-refractivity contribution in [3.8, 4) is 5.75 Å². The summed E-state index contributed by atoms with van der Waals surface area (Å²) in [4.78, 5) is 22.5. The highest BCUT2D eigenvalue weighted by atomic mass is 16.5. The molecule has 0 heterocycles. The Hall–Kier alpha value is -2.82. The van der Waals surface area contributed by atoms with Crippen LogP contribution in [0.4, 0.5) is 0 Å². The summed E-state index contributed by atoms with van der Waals surface area (Å²) in [7, 11) is 0. The number of allylic oxidation sites excluding steroid dienone is 1. The van der Waals surface area contributed by atoms with Crippen molar-refractivity contribution in [3.05, 3.63) is 67.5 Å². The Kier molecular flexibility index (Phi) is 7.92. The minimum absolute atomic E-state index is 0.201. The first-order chi connectivity index (χ1) is 11.1. The van der Waals surface area contributed by atoms with Gasteiger partial charge in [-0.2, -0.15) is 0 Å². The van der Waals surface area contributed by atoms with Gasteiger partial charge in [0.15, 0.2) is 0 Å². The van der Waals surface area contributed by atoms with Crippen LogP contribution in [0.15, 0.2) is 61.9 Å². The van der Waals surface area contributed by atoms with Gasteiger partial charge in [0.1, 0.15) is 11.5 Å². The summed E-state index contributed by atoms with van der Waals surface area (Å²) in [5.41, 5.74) is 0.400. The standard InChI is InChI=1S/C18H20O5/c1-4-14(3)23-18(20)15-8-10-16(11-9-15)21-12-6-7-13-22-17(19)5-2/h4-5,8-11H,1-3,6-7,12-13H2. The Balaban J connectivity index is 2.30. The fourth-order valence-corrected chi connectivity index (χ4v) is 1.53. The molecule has 0 saturated heterocycles. The van der Waals surface area contributed by atoms with E-state index in [0.717, 1.165) is 12.5 Å². The first-order valence-corrected chi connectivity index (χ1v) is 7.12. The summed E-state index contributed by atoms with van der Waals surface area (Å²) in [6.45, 7) is 11.1. The van der Waals surface area contributed by atoms with Gasteiger partial charge in [-0.05, 0) is 43.2 Å². The third kappa shape index (κ3) is 7.13. The Bertz CT molecular complexity index is 572. The van der Waals surface area contributed by atoms with E-state index in [1.165, 1.54) is 6.08 Å². The molecule has 0 amide bonds. The van der Waals surface area contributed by atoms with Crippen molar-refractivity contribution < 1.29 is 23.8 Å². The van der Waals surface area contributed by atoms with E-state index in [4.69, 9.17) is 14.2 Å². The lowest BCUT2D eigenvalue weighted by Crippen LogP contribution is -2.05. The molecular formula is C18H20O5. The van der Waals surface area contributed by atoms with Gasteiger partial charge in [0.05, 0.1) is 18.8 Å². The lowest BCUT2D eigenvalue weighted by Gasteiger charge is -2.07. The number of rotatable bonds is 10. The molecule has 0 unspecified atom stereocenters. The van der Waals surface area contributed by atoms with Crippen molar-refractivity contribution in [1.82, 2.24) is 0 Å². The SMILES string of the molecule is C=CC(=C)OC(=O)c1ccc(OCCCCOC(=O)C=C)cc1. The van der Waals surface area contributed by atoms with Gasteiger partial charge in [-0.25, -0.2) is 9.59 Å². The van der Waals surface area contributed by atoms with Crippen molar-refractivity contribution in [3.63, 3.8) is 0 Å². The summed E-state index contributed by atoms with van der Waals surface area (Å²) in [5.74, 6) is -0.0716. The van der Waals surface area contributed by atoms with Crippen LogP contribution in [0.5, 0.6) is 5.75 Å². The van der Waals surface area contributed by atoms with Crippen LogP contribution in [0.2, 0.25) is 0 Å². The summed E-state index contributed by atoms with van der Waals surface area (Å²) in [5, 5.41) is 0. The van der Waals surface area contributed by atoms with Crippen LogP contribution in [-0.2, 0) is 14.3 Å². The molecule has 0 radical (unpaired) electrons. The molecule has 0 atom stereocenters. The van der Waals surface area contributed by atoms with E-state index in [1.807, 2.05) is 0 Å². The first-order valence-electron chi connectivity index (χ1n) is 7.12. The van der Waals surface area contributed by atoms with Crippen LogP contribution in [0.1, 0.15) is 23.2 Å². The number of benzene rings is 1. The minimum atomic E-state index is -0.495. The van der Waals surface area contributed by atoms with Crippen molar-refractivity contribution in [2.24, 2.45) is 0 Å². The van der Waals surface area contributed by atoms with Crippen molar-refractivity contribution in [1.29, 1.82) is 0 Å². The molecule has 1 aromatic carbocycles. The topological polar surface area (TPSA) is 61.8 Å². The van der Waals surface area contributed by atoms with Gasteiger partial charge in [0.2, 0.25) is 0 Å². The second-order valence-corrected chi connectivity index (χ2v) is 4.51. The summed E-state index contributed by atoms with van der Waals surface area (Å²) in [6.07, 6.45) is 3.94. The van der Waals surface area contributed by atoms with Gasteiger partial charge < -0.3 is 14.2 Å². The van der Waals surface area contributed by atoms with Gasteiger partial charge in [0.25, 0.3) is 0 Å². The Morgan fingerprint density at radius 1 is 1.00 bits per heavy atom. The number of hydrogen-bond acceptors (Lipinski definition) is 5. The van der Waals surface area contributed by atoms with E-state index in [2.05, 4.69) is 19.7 Å². The second-order valence-electron chi connectivity index (χ2n) is 4.51. The average molecular weight is 316 g/mol. The molecule has 122 valence electrons. The first kappa shape index (κ1) is 18.2. The van der Waals surface area contributed by atoms with E-state index in [9.17, 15) is 9.59 Å². The van der Waals surface area contributed by atoms with Gasteiger partial charge in [0, 0.05) is 6.08 Å².